The van der Waals surface area contributed by atoms with Gasteiger partial charge in [-0.2, -0.15) is 0 Å². The van der Waals surface area contributed by atoms with Crippen molar-refractivity contribution in [3.63, 3.8) is 0 Å². The molecular weight excluding hydrogens is 324 g/mol. The quantitative estimate of drug-likeness (QED) is 0.786. The molecule has 1 saturated heterocycles. The molecule has 0 saturated carbocycles. The maximum Gasteiger partial charge on any atom is 0.128 e. The number of anilines is 1. The molecule has 0 bridgehead atoms. The molecule has 0 spiro atoms. The smallest absolute Gasteiger partial charge is 0.128 e. The highest BCUT2D eigenvalue weighted by atomic mass is 16.3. The van der Waals surface area contributed by atoms with Gasteiger partial charge >= 0.3 is 0 Å². The van der Waals surface area contributed by atoms with Gasteiger partial charge in [-0.15, -0.1) is 0 Å². The number of β-amino-alcohol motifs (C(OH)–C–C–N with tert-alkyl or cyclic N) is 1. The van der Waals surface area contributed by atoms with E-state index in [1.807, 2.05) is 24.4 Å². The molecule has 2 aromatic heterocycles. The molecule has 5 heteroatoms. The van der Waals surface area contributed by atoms with Gasteiger partial charge < -0.3 is 14.6 Å². The Bertz CT molecular complexity index is 882. The van der Waals surface area contributed by atoms with Crippen LogP contribution in [-0.4, -0.2) is 52.3 Å². The summed E-state index contributed by atoms with van der Waals surface area (Å²) in [5, 5.41) is 12.1. The number of benzene rings is 1. The number of fused-ring (bicyclic) bond motifs is 1. The average molecular weight is 350 g/mol. The van der Waals surface area contributed by atoms with Gasteiger partial charge in [0, 0.05) is 68.1 Å². The van der Waals surface area contributed by atoms with Gasteiger partial charge in [-0.1, -0.05) is 24.3 Å². The van der Waals surface area contributed by atoms with Crippen LogP contribution in [0.5, 0.6) is 0 Å². The summed E-state index contributed by atoms with van der Waals surface area (Å²) < 4.78 is 2.17. The fourth-order valence-corrected chi connectivity index (χ4v) is 4.01. The molecule has 1 atom stereocenters. The van der Waals surface area contributed by atoms with Gasteiger partial charge in [0.05, 0.1) is 6.10 Å². The number of aryl methyl sites for hydroxylation is 1. The molecule has 1 N–H and O–H groups in total. The number of nitrogens with zero attached hydrogens (tertiary/aromatic N) is 4. The summed E-state index contributed by atoms with van der Waals surface area (Å²) in [5.41, 5.74) is 3.39. The van der Waals surface area contributed by atoms with E-state index in [0.29, 0.717) is 6.54 Å². The lowest BCUT2D eigenvalue weighted by Crippen LogP contribution is -2.47. The Morgan fingerprint density at radius 2 is 1.77 bits per heavy atom. The lowest BCUT2D eigenvalue weighted by molar-refractivity contribution is 0.110. The summed E-state index contributed by atoms with van der Waals surface area (Å²) in [5.74, 6) is 1.04. The largest absolute Gasteiger partial charge is 0.387 e. The number of pyridine rings is 1. The van der Waals surface area contributed by atoms with Gasteiger partial charge in [0.15, 0.2) is 0 Å². The van der Waals surface area contributed by atoms with E-state index in [1.165, 1.54) is 5.52 Å². The van der Waals surface area contributed by atoms with Crippen LogP contribution in [0.15, 0.2) is 48.7 Å². The van der Waals surface area contributed by atoms with Crippen molar-refractivity contribution >= 4 is 16.7 Å². The Morgan fingerprint density at radius 1 is 1.04 bits per heavy atom. The predicted molar refractivity (Wildman–Crippen MR) is 106 cm³/mol. The molecule has 0 amide bonds. The van der Waals surface area contributed by atoms with Gasteiger partial charge in [-0.05, 0) is 25.1 Å². The normalized spacial score (nSPS) is 17.0. The maximum absolute atomic E-state index is 11.0. The monoisotopic (exact) mass is 350 g/mol. The molecule has 1 aliphatic rings. The minimum atomic E-state index is -0.470. The number of aliphatic hydroxyl groups is 1. The van der Waals surface area contributed by atoms with Crippen molar-refractivity contribution in [3.05, 3.63) is 59.9 Å². The van der Waals surface area contributed by atoms with E-state index in [1.54, 1.807) is 0 Å². The molecule has 3 heterocycles. The summed E-state index contributed by atoms with van der Waals surface area (Å²) in [6, 6.07) is 14.4. The van der Waals surface area contributed by atoms with E-state index in [-0.39, 0.29) is 0 Å². The number of hydrogen-bond acceptors (Lipinski definition) is 4. The van der Waals surface area contributed by atoms with Gasteiger partial charge in [0.1, 0.15) is 5.82 Å². The molecule has 1 fully saturated rings. The molecule has 4 rings (SSSR count). The van der Waals surface area contributed by atoms with Crippen LogP contribution in [-0.2, 0) is 7.05 Å². The second-order valence-corrected chi connectivity index (χ2v) is 7.07. The molecule has 0 aliphatic carbocycles. The number of rotatable bonds is 4. The van der Waals surface area contributed by atoms with Crippen molar-refractivity contribution in [2.75, 3.05) is 37.6 Å². The van der Waals surface area contributed by atoms with Crippen LogP contribution in [0, 0.1) is 6.92 Å². The Balaban J connectivity index is 1.45. The third-order valence-corrected chi connectivity index (χ3v) is 5.56. The lowest BCUT2D eigenvalue weighted by atomic mass is 10.0. The zero-order valence-electron chi connectivity index (χ0n) is 15.5. The topological polar surface area (TPSA) is 44.5 Å². The predicted octanol–water partition coefficient (Wildman–Crippen LogP) is 2.74. The molecular formula is C21H26N4O. The van der Waals surface area contributed by atoms with Crippen molar-refractivity contribution < 1.29 is 5.11 Å². The van der Waals surface area contributed by atoms with Crippen molar-refractivity contribution in [2.24, 2.45) is 7.05 Å². The van der Waals surface area contributed by atoms with Gasteiger partial charge in [0.2, 0.25) is 0 Å². The van der Waals surface area contributed by atoms with Crippen LogP contribution in [0.25, 0.3) is 10.9 Å². The number of aromatic nitrogens is 2. The van der Waals surface area contributed by atoms with Gasteiger partial charge in [-0.3, -0.25) is 4.90 Å². The molecule has 0 radical (unpaired) electrons. The third kappa shape index (κ3) is 3.08. The van der Waals surface area contributed by atoms with E-state index in [2.05, 4.69) is 57.6 Å². The summed E-state index contributed by atoms with van der Waals surface area (Å²) >= 11 is 0. The van der Waals surface area contributed by atoms with E-state index in [0.717, 1.165) is 48.6 Å². The minimum absolute atomic E-state index is 0.470. The number of para-hydroxylation sites is 1. The Morgan fingerprint density at radius 3 is 2.50 bits per heavy atom. The second-order valence-electron chi connectivity index (χ2n) is 7.07. The van der Waals surface area contributed by atoms with E-state index in [9.17, 15) is 5.11 Å². The highest BCUT2D eigenvalue weighted by Gasteiger charge is 2.24. The first-order valence-electron chi connectivity index (χ1n) is 9.25. The standard InChI is InChI=1S/C21H26N4O/c1-16-21(17-7-3-4-8-18(17)23(16)2)19(26)15-24-11-13-25(14-12-24)20-9-5-6-10-22-20/h3-10,19,26H,11-15H2,1-2H3. The van der Waals surface area contributed by atoms with Crippen LogP contribution in [0.3, 0.4) is 0 Å². The van der Waals surface area contributed by atoms with Crippen LogP contribution in [0.1, 0.15) is 17.4 Å². The van der Waals surface area contributed by atoms with Crippen LogP contribution >= 0.6 is 0 Å². The maximum atomic E-state index is 11.0. The Kier molecular flexibility index (Phi) is 4.66. The SMILES string of the molecule is Cc1c(C(O)CN2CCN(c3ccccn3)CC2)c2ccccc2n1C. The molecule has 5 nitrogen and oxygen atoms in total. The summed E-state index contributed by atoms with van der Waals surface area (Å²) in [4.78, 5) is 9.10. The highest BCUT2D eigenvalue weighted by molar-refractivity contribution is 5.85. The average Bonchev–Trinajstić information content (AvgIpc) is 2.94. The van der Waals surface area contributed by atoms with Crippen molar-refractivity contribution in [2.45, 2.75) is 13.0 Å². The van der Waals surface area contributed by atoms with Gasteiger partial charge in [-0.25, -0.2) is 4.98 Å². The molecule has 1 aliphatic heterocycles. The number of aliphatic hydroxyl groups excluding tert-OH is 1. The van der Waals surface area contributed by atoms with Crippen LogP contribution in [0.2, 0.25) is 0 Å². The first-order valence-corrected chi connectivity index (χ1v) is 9.25. The zero-order chi connectivity index (χ0) is 18.1. The fraction of sp³-hybridized carbons (Fsp3) is 0.381. The van der Waals surface area contributed by atoms with E-state index < -0.39 is 6.10 Å². The van der Waals surface area contributed by atoms with E-state index >= 15 is 0 Å². The van der Waals surface area contributed by atoms with Crippen molar-refractivity contribution in [1.82, 2.24) is 14.5 Å². The summed E-state index contributed by atoms with van der Waals surface area (Å²) in [6.45, 7) is 6.54. The molecule has 1 unspecified atom stereocenters. The van der Waals surface area contributed by atoms with Crippen molar-refractivity contribution in [1.29, 1.82) is 0 Å². The Labute approximate surface area is 154 Å². The first kappa shape index (κ1) is 17.1. The molecule has 26 heavy (non-hydrogen) atoms. The fourth-order valence-electron chi connectivity index (χ4n) is 4.01. The Hall–Kier alpha value is -2.37. The van der Waals surface area contributed by atoms with Crippen LogP contribution in [0.4, 0.5) is 5.82 Å². The summed E-state index contributed by atoms with van der Waals surface area (Å²) in [6.07, 6.45) is 1.37. The van der Waals surface area contributed by atoms with Crippen LogP contribution < -0.4 is 4.90 Å². The lowest BCUT2D eigenvalue weighted by Gasteiger charge is -2.36. The van der Waals surface area contributed by atoms with Crippen molar-refractivity contribution in [3.8, 4) is 0 Å². The third-order valence-electron chi connectivity index (χ3n) is 5.56. The number of piperazine rings is 1. The van der Waals surface area contributed by atoms with E-state index in [4.69, 9.17) is 0 Å². The van der Waals surface area contributed by atoms with Gasteiger partial charge in [0.25, 0.3) is 0 Å². The number of hydrogen-bond donors (Lipinski definition) is 1. The highest BCUT2D eigenvalue weighted by Crippen LogP contribution is 2.30. The summed E-state index contributed by atoms with van der Waals surface area (Å²) in [7, 11) is 2.07. The zero-order valence-corrected chi connectivity index (χ0v) is 15.5. The minimum Gasteiger partial charge on any atom is -0.387 e. The second kappa shape index (κ2) is 7.09. The molecule has 136 valence electrons. The molecule has 3 aromatic rings. The molecule has 1 aromatic carbocycles. The first-order chi connectivity index (χ1) is 12.6.